The quantitative estimate of drug-likeness (QED) is 0.450. The summed E-state index contributed by atoms with van der Waals surface area (Å²) in [7, 11) is 0. The lowest BCUT2D eigenvalue weighted by Crippen LogP contribution is -2.22. The second-order valence-electron chi connectivity index (χ2n) is 4.63. The molecule has 17 heavy (non-hydrogen) atoms. The summed E-state index contributed by atoms with van der Waals surface area (Å²) in [5.74, 6) is -1.23. The molecule has 0 aromatic rings. The maximum atomic E-state index is 10.3. The van der Waals surface area contributed by atoms with E-state index in [1.807, 2.05) is 0 Å². The van der Waals surface area contributed by atoms with E-state index in [0.717, 1.165) is 0 Å². The number of aliphatic carboxylic acids is 1. The van der Waals surface area contributed by atoms with Crippen molar-refractivity contribution < 1.29 is 9.90 Å². The Morgan fingerprint density at radius 1 is 1.41 bits per heavy atom. The molecule has 6 nitrogen and oxygen atoms in total. The highest BCUT2D eigenvalue weighted by atomic mass is 16.4. The number of azide groups is 1. The van der Waals surface area contributed by atoms with Crippen LogP contribution in [0.15, 0.2) is 5.11 Å². The molecule has 1 aliphatic carbocycles. The van der Waals surface area contributed by atoms with Gasteiger partial charge in [0.05, 0.1) is 0 Å². The zero-order valence-corrected chi connectivity index (χ0v) is 10.5. The smallest absolute Gasteiger partial charge is 0.312 e. The summed E-state index contributed by atoms with van der Waals surface area (Å²) in [6.07, 6.45) is 6.66. The molecule has 0 unspecified atom stereocenters. The Morgan fingerprint density at radius 3 is 2.12 bits per heavy atom. The molecule has 1 aliphatic rings. The molecule has 0 radical (unpaired) electrons. The first kappa shape index (κ1) is 15.7. The van der Waals surface area contributed by atoms with Crippen LogP contribution in [-0.2, 0) is 4.79 Å². The molecular formula is C11H22N4O2. The van der Waals surface area contributed by atoms with Crippen molar-refractivity contribution in [1.29, 1.82) is 0 Å². The molecule has 1 rings (SSSR count). The molecule has 3 N–H and O–H groups in total. The molecule has 0 spiro atoms. The summed E-state index contributed by atoms with van der Waals surface area (Å²) >= 11 is 0. The molecule has 0 saturated heterocycles. The summed E-state index contributed by atoms with van der Waals surface area (Å²) in [4.78, 5) is 12.7. The molecule has 98 valence electrons. The molecule has 0 aromatic carbocycles. The van der Waals surface area contributed by atoms with Crippen molar-refractivity contribution >= 4 is 5.97 Å². The van der Waals surface area contributed by atoms with E-state index in [0.29, 0.717) is 6.04 Å². The maximum Gasteiger partial charge on any atom is 0.312 e. The fraction of sp³-hybridized carbons (Fsp3) is 0.909. The van der Waals surface area contributed by atoms with E-state index in [-0.39, 0.29) is 5.92 Å². The van der Waals surface area contributed by atoms with Gasteiger partial charge in [-0.2, -0.15) is 0 Å². The number of hydrogen-bond acceptors (Lipinski definition) is 3. The minimum Gasteiger partial charge on any atom is -0.481 e. The van der Waals surface area contributed by atoms with Gasteiger partial charge >= 0.3 is 5.97 Å². The van der Waals surface area contributed by atoms with Gasteiger partial charge in [0.15, 0.2) is 0 Å². The lowest BCUT2D eigenvalue weighted by Gasteiger charge is -2.15. The highest BCUT2D eigenvalue weighted by molar-refractivity contribution is 5.73. The SMILES string of the molecule is CC(C)[C@@H](N=[N+]=[N-])C(=O)O.NC1CCCCC1. The van der Waals surface area contributed by atoms with Crippen LogP contribution in [0, 0.1) is 5.92 Å². The summed E-state index contributed by atoms with van der Waals surface area (Å²) in [6.45, 7) is 3.38. The Morgan fingerprint density at radius 2 is 1.94 bits per heavy atom. The number of nitrogens with zero attached hydrogens (tertiary/aromatic N) is 3. The molecular weight excluding hydrogens is 220 g/mol. The summed E-state index contributed by atoms with van der Waals surface area (Å²) in [6, 6.07) is -0.404. The van der Waals surface area contributed by atoms with E-state index < -0.39 is 12.0 Å². The number of carboxylic acids is 1. The van der Waals surface area contributed by atoms with E-state index in [2.05, 4.69) is 10.0 Å². The van der Waals surface area contributed by atoms with Gasteiger partial charge in [-0.3, -0.25) is 4.79 Å². The summed E-state index contributed by atoms with van der Waals surface area (Å²) < 4.78 is 0. The summed E-state index contributed by atoms with van der Waals surface area (Å²) in [5, 5.41) is 11.5. The van der Waals surface area contributed by atoms with Gasteiger partial charge in [-0.15, -0.1) is 0 Å². The molecule has 0 amide bonds. The summed E-state index contributed by atoms with van der Waals surface area (Å²) in [5.41, 5.74) is 13.6. The van der Waals surface area contributed by atoms with Gasteiger partial charge in [-0.25, -0.2) is 0 Å². The molecule has 1 fully saturated rings. The Kier molecular flexibility index (Phi) is 8.19. The maximum absolute atomic E-state index is 10.3. The molecule has 1 saturated carbocycles. The Balaban J connectivity index is 0.000000318. The van der Waals surface area contributed by atoms with Gasteiger partial charge < -0.3 is 10.8 Å². The fourth-order valence-corrected chi connectivity index (χ4v) is 1.66. The number of carbonyl (C=O) groups is 1. The monoisotopic (exact) mass is 242 g/mol. The van der Waals surface area contributed by atoms with Crippen molar-refractivity contribution in [2.75, 3.05) is 0 Å². The Labute approximate surface area is 102 Å². The van der Waals surface area contributed by atoms with E-state index in [4.69, 9.17) is 16.4 Å². The lowest BCUT2D eigenvalue weighted by molar-refractivity contribution is -0.139. The predicted octanol–water partition coefficient (Wildman–Crippen LogP) is 2.68. The van der Waals surface area contributed by atoms with Gasteiger partial charge in [0.2, 0.25) is 0 Å². The van der Waals surface area contributed by atoms with Crippen LogP contribution in [0.2, 0.25) is 0 Å². The second kappa shape index (κ2) is 8.84. The van der Waals surface area contributed by atoms with E-state index in [1.54, 1.807) is 13.8 Å². The first-order valence-electron chi connectivity index (χ1n) is 6.01. The minimum absolute atomic E-state index is 0.159. The Hall–Kier alpha value is -1.26. The largest absolute Gasteiger partial charge is 0.481 e. The average molecular weight is 242 g/mol. The number of rotatable bonds is 3. The highest BCUT2D eigenvalue weighted by Gasteiger charge is 2.18. The van der Waals surface area contributed by atoms with Crippen LogP contribution in [-0.4, -0.2) is 23.2 Å². The molecule has 0 heterocycles. The third-order valence-electron chi connectivity index (χ3n) is 2.71. The van der Waals surface area contributed by atoms with Crippen molar-refractivity contribution in [2.24, 2.45) is 16.8 Å². The van der Waals surface area contributed by atoms with Crippen LogP contribution >= 0.6 is 0 Å². The average Bonchev–Trinajstić information content (AvgIpc) is 2.27. The van der Waals surface area contributed by atoms with Gasteiger partial charge in [-0.05, 0) is 24.3 Å². The second-order valence-corrected chi connectivity index (χ2v) is 4.63. The molecule has 6 heteroatoms. The van der Waals surface area contributed by atoms with Crippen molar-refractivity contribution in [3.05, 3.63) is 10.4 Å². The third kappa shape index (κ3) is 7.60. The normalized spacial score (nSPS) is 17.6. The van der Waals surface area contributed by atoms with Crippen molar-refractivity contribution in [3.63, 3.8) is 0 Å². The van der Waals surface area contributed by atoms with Crippen molar-refractivity contribution in [1.82, 2.24) is 0 Å². The lowest BCUT2D eigenvalue weighted by atomic mass is 9.97. The molecule has 0 aromatic heterocycles. The molecule has 1 atom stereocenters. The fourth-order valence-electron chi connectivity index (χ4n) is 1.66. The number of carboxylic acid groups (broad SMARTS) is 1. The van der Waals surface area contributed by atoms with Crippen molar-refractivity contribution in [2.45, 2.75) is 58.0 Å². The number of hydrogen-bond donors (Lipinski definition) is 2. The van der Waals surface area contributed by atoms with E-state index in [9.17, 15) is 4.79 Å². The van der Waals surface area contributed by atoms with Gasteiger partial charge in [-0.1, -0.05) is 38.2 Å². The van der Waals surface area contributed by atoms with Crippen LogP contribution in [0.25, 0.3) is 10.4 Å². The predicted molar refractivity (Wildman–Crippen MR) is 66.5 cm³/mol. The first-order chi connectivity index (χ1) is 7.99. The van der Waals surface area contributed by atoms with E-state index in [1.165, 1.54) is 32.1 Å². The van der Waals surface area contributed by atoms with Gasteiger partial charge in [0.25, 0.3) is 0 Å². The van der Waals surface area contributed by atoms with Gasteiger partial charge in [0, 0.05) is 11.0 Å². The van der Waals surface area contributed by atoms with Crippen LogP contribution < -0.4 is 5.73 Å². The van der Waals surface area contributed by atoms with Crippen molar-refractivity contribution in [3.8, 4) is 0 Å². The highest BCUT2D eigenvalue weighted by Crippen LogP contribution is 2.14. The third-order valence-corrected chi connectivity index (χ3v) is 2.71. The van der Waals surface area contributed by atoms with Crippen LogP contribution in [0.1, 0.15) is 46.0 Å². The Bertz CT molecular complexity index is 267. The zero-order chi connectivity index (χ0) is 13.3. The topological polar surface area (TPSA) is 112 Å². The molecule has 0 bridgehead atoms. The first-order valence-corrected chi connectivity index (χ1v) is 6.01. The van der Waals surface area contributed by atoms with Crippen LogP contribution in [0.5, 0.6) is 0 Å². The minimum atomic E-state index is -1.08. The van der Waals surface area contributed by atoms with Crippen LogP contribution in [0.4, 0.5) is 0 Å². The molecule has 0 aliphatic heterocycles. The van der Waals surface area contributed by atoms with E-state index >= 15 is 0 Å². The van der Waals surface area contributed by atoms with Crippen LogP contribution in [0.3, 0.4) is 0 Å². The van der Waals surface area contributed by atoms with Gasteiger partial charge in [0.1, 0.15) is 6.04 Å². The number of nitrogens with two attached hydrogens (primary N) is 1. The zero-order valence-electron chi connectivity index (χ0n) is 10.5. The standard InChI is InChI=1S/C6H13N.C5H9N3O2/c7-6-4-2-1-3-5-6;1-3(2)4(5(9)10)7-8-6/h6H,1-5,7H2;3-4H,1-2H3,(H,9,10)/t;4-/m.1/s1.